The smallest absolute Gasteiger partial charge is 0.317 e. The molecule has 1 amide bonds. The Morgan fingerprint density at radius 3 is 2.27 bits per heavy atom. The van der Waals surface area contributed by atoms with Crippen molar-refractivity contribution in [2.45, 2.75) is 51.6 Å². The van der Waals surface area contributed by atoms with Gasteiger partial charge in [0, 0.05) is 18.6 Å². The van der Waals surface area contributed by atoms with Gasteiger partial charge in [0.15, 0.2) is 0 Å². The number of carbonyl (C=O) groups excluding carboxylic acids is 1. The van der Waals surface area contributed by atoms with Crippen LogP contribution in [0.25, 0.3) is 0 Å². The van der Waals surface area contributed by atoms with Crippen molar-refractivity contribution >= 4 is 11.9 Å². The molecule has 2 N–H and O–H groups in total. The lowest BCUT2D eigenvalue weighted by molar-refractivity contribution is -0.140. The lowest BCUT2D eigenvalue weighted by Crippen LogP contribution is -2.56. The second kappa shape index (κ2) is 7.92. The standard InChI is InChI=1S/C16H29N3O3/c1-3-18(4-2)10-15(20)17-13-7-14(8-13)19(11-16(21)22)9-12-5-6-12/h12-14H,3-11H2,1-2H3,(H,17,20)(H,21,22). The highest BCUT2D eigenvalue weighted by atomic mass is 16.4. The highest BCUT2D eigenvalue weighted by Gasteiger charge is 2.37. The molecule has 2 aliphatic rings. The van der Waals surface area contributed by atoms with Gasteiger partial charge in [0.1, 0.15) is 0 Å². The first-order valence-electron chi connectivity index (χ1n) is 8.49. The van der Waals surface area contributed by atoms with E-state index in [-0.39, 0.29) is 18.5 Å². The lowest BCUT2D eigenvalue weighted by Gasteiger charge is -2.43. The van der Waals surface area contributed by atoms with Gasteiger partial charge in [-0.05, 0) is 44.7 Å². The zero-order valence-electron chi connectivity index (χ0n) is 13.8. The lowest BCUT2D eigenvalue weighted by atomic mass is 9.85. The predicted octanol–water partition coefficient (Wildman–Crippen LogP) is 0.772. The van der Waals surface area contributed by atoms with Crippen LogP contribution in [-0.2, 0) is 9.59 Å². The Labute approximate surface area is 132 Å². The molecule has 0 saturated heterocycles. The molecule has 6 heteroatoms. The maximum atomic E-state index is 12.0. The van der Waals surface area contributed by atoms with Gasteiger partial charge in [0.25, 0.3) is 0 Å². The minimum atomic E-state index is -0.755. The first kappa shape index (κ1) is 17.2. The van der Waals surface area contributed by atoms with Crippen molar-refractivity contribution in [1.82, 2.24) is 15.1 Å². The summed E-state index contributed by atoms with van der Waals surface area (Å²) in [7, 11) is 0. The molecule has 0 spiro atoms. The van der Waals surface area contributed by atoms with E-state index in [1.807, 2.05) is 0 Å². The summed E-state index contributed by atoms with van der Waals surface area (Å²) in [4.78, 5) is 27.1. The second-order valence-corrected chi connectivity index (χ2v) is 6.62. The number of hydrogen-bond donors (Lipinski definition) is 2. The van der Waals surface area contributed by atoms with Crippen molar-refractivity contribution in [2.75, 3.05) is 32.7 Å². The summed E-state index contributed by atoms with van der Waals surface area (Å²) in [5.74, 6) is 0.0180. The van der Waals surface area contributed by atoms with Crippen LogP contribution in [0.1, 0.15) is 39.5 Å². The molecule has 0 aromatic rings. The second-order valence-electron chi connectivity index (χ2n) is 6.62. The van der Waals surface area contributed by atoms with E-state index >= 15 is 0 Å². The van der Waals surface area contributed by atoms with Crippen LogP contribution in [0.5, 0.6) is 0 Å². The topological polar surface area (TPSA) is 72.9 Å². The van der Waals surface area contributed by atoms with Crippen LogP contribution in [0.3, 0.4) is 0 Å². The first-order valence-corrected chi connectivity index (χ1v) is 8.49. The predicted molar refractivity (Wildman–Crippen MR) is 84.7 cm³/mol. The highest BCUT2D eigenvalue weighted by Crippen LogP contribution is 2.33. The third kappa shape index (κ3) is 5.25. The molecule has 0 bridgehead atoms. The molecule has 0 unspecified atom stereocenters. The number of aliphatic carboxylic acids is 1. The summed E-state index contributed by atoms with van der Waals surface area (Å²) >= 11 is 0. The van der Waals surface area contributed by atoms with Gasteiger partial charge in [0.2, 0.25) is 5.91 Å². The number of nitrogens with one attached hydrogen (secondary N) is 1. The van der Waals surface area contributed by atoms with Crippen molar-refractivity contribution < 1.29 is 14.7 Å². The first-order chi connectivity index (χ1) is 10.5. The van der Waals surface area contributed by atoms with Gasteiger partial charge in [-0.1, -0.05) is 13.8 Å². The van der Waals surface area contributed by atoms with Crippen LogP contribution in [0.4, 0.5) is 0 Å². The Hall–Kier alpha value is -1.14. The SMILES string of the molecule is CCN(CC)CC(=O)NC1CC(N(CC(=O)O)CC2CC2)C1. The third-order valence-electron chi connectivity index (χ3n) is 4.78. The van der Waals surface area contributed by atoms with Gasteiger partial charge in [-0.3, -0.25) is 19.4 Å². The quantitative estimate of drug-likeness (QED) is 0.623. The van der Waals surface area contributed by atoms with Crippen molar-refractivity contribution in [3.63, 3.8) is 0 Å². The van der Waals surface area contributed by atoms with Crippen LogP contribution >= 0.6 is 0 Å². The van der Waals surface area contributed by atoms with Gasteiger partial charge >= 0.3 is 5.97 Å². The fourth-order valence-corrected chi connectivity index (χ4v) is 3.08. The van der Waals surface area contributed by atoms with Gasteiger partial charge in [-0.25, -0.2) is 0 Å². The zero-order chi connectivity index (χ0) is 16.1. The Morgan fingerprint density at radius 2 is 1.77 bits per heavy atom. The van der Waals surface area contributed by atoms with Crippen LogP contribution in [0, 0.1) is 5.92 Å². The summed E-state index contributed by atoms with van der Waals surface area (Å²) in [5.41, 5.74) is 0. The molecule has 0 atom stereocenters. The molecule has 22 heavy (non-hydrogen) atoms. The van der Waals surface area contributed by atoms with E-state index in [2.05, 4.69) is 29.0 Å². The van der Waals surface area contributed by atoms with Gasteiger partial charge < -0.3 is 10.4 Å². The summed E-state index contributed by atoms with van der Waals surface area (Å²) in [5, 5.41) is 12.1. The molecule has 0 aromatic carbocycles. The highest BCUT2D eigenvalue weighted by molar-refractivity contribution is 5.78. The molecular formula is C16H29N3O3. The summed E-state index contributed by atoms with van der Waals surface area (Å²) in [6.07, 6.45) is 4.22. The molecule has 2 rings (SSSR count). The molecule has 2 aliphatic carbocycles. The Morgan fingerprint density at radius 1 is 1.14 bits per heavy atom. The van der Waals surface area contributed by atoms with Gasteiger partial charge in [-0.15, -0.1) is 0 Å². The fraction of sp³-hybridized carbons (Fsp3) is 0.875. The van der Waals surface area contributed by atoms with E-state index in [9.17, 15) is 9.59 Å². The molecule has 0 heterocycles. The van der Waals surface area contributed by atoms with E-state index in [1.165, 1.54) is 12.8 Å². The molecule has 2 saturated carbocycles. The number of hydrogen-bond acceptors (Lipinski definition) is 4. The molecule has 126 valence electrons. The maximum absolute atomic E-state index is 12.0. The number of carbonyl (C=O) groups is 2. The number of carboxylic acids is 1. The fourth-order valence-electron chi connectivity index (χ4n) is 3.08. The van der Waals surface area contributed by atoms with Crippen molar-refractivity contribution in [3.05, 3.63) is 0 Å². The molecule has 0 radical (unpaired) electrons. The number of amides is 1. The van der Waals surface area contributed by atoms with Crippen LogP contribution < -0.4 is 5.32 Å². The van der Waals surface area contributed by atoms with E-state index < -0.39 is 5.97 Å². The Bertz CT molecular complexity index is 388. The number of likely N-dealkylation sites (N-methyl/N-ethyl adjacent to an activating group) is 1. The monoisotopic (exact) mass is 311 g/mol. The molecule has 6 nitrogen and oxygen atoms in total. The summed E-state index contributed by atoms with van der Waals surface area (Å²) in [6.45, 7) is 7.35. The van der Waals surface area contributed by atoms with Gasteiger partial charge in [0.05, 0.1) is 13.1 Å². The Balaban J connectivity index is 1.70. The number of carboxylic acid groups (broad SMARTS) is 1. The minimum Gasteiger partial charge on any atom is -0.480 e. The van der Waals surface area contributed by atoms with Crippen LogP contribution in [-0.4, -0.2) is 71.6 Å². The van der Waals surface area contributed by atoms with E-state index in [0.717, 1.165) is 32.5 Å². The van der Waals surface area contributed by atoms with E-state index in [0.29, 0.717) is 18.5 Å². The third-order valence-corrected chi connectivity index (χ3v) is 4.78. The zero-order valence-corrected chi connectivity index (χ0v) is 13.8. The van der Waals surface area contributed by atoms with Crippen molar-refractivity contribution in [2.24, 2.45) is 5.92 Å². The normalized spacial score (nSPS) is 24.4. The van der Waals surface area contributed by atoms with E-state index in [4.69, 9.17) is 5.11 Å². The van der Waals surface area contributed by atoms with Crippen LogP contribution in [0.15, 0.2) is 0 Å². The maximum Gasteiger partial charge on any atom is 0.317 e. The van der Waals surface area contributed by atoms with Gasteiger partial charge in [-0.2, -0.15) is 0 Å². The average molecular weight is 311 g/mol. The number of nitrogens with zero attached hydrogens (tertiary/aromatic N) is 2. The molecule has 0 aromatic heterocycles. The summed E-state index contributed by atoms with van der Waals surface area (Å²) < 4.78 is 0. The van der Waals surface area contributed by atoms with Crippen molar-refractivity contribution in [3.8, 4) is 0 Å². The molecular weight excluding hydrogens is 282 g/mol. The van der Waals surface area contributed by atoms with Crippen molar-refractivity contribution in [1.29, 1.82) is 0 Å². The number of rotatable bonds is 10. The minimum absolute atomic E-state index is 0.0825. The molecule has 2 fully saturated rings. The van der Waals surface area contributed by atoms with E-state index in [1.54, 1.807) is 0 Å². The molecule has 0 aliphatic heterocycles. The van der Waals surface area contributed by atoms with Crippen LogP contribution in [0.2, 0.25) is 0 Å². The summed E-state index contributed by atoms with van der Waals surface area (Å²) in [6, 6.07) is 0.527. The Kier molecular flexibility index (Phi) is 6.20. The average Bonchev–Trinajstić information content (AvgIpc) is 3.22. The largest absolute Gasteiger partial charge is 0.480 e.